The molecule has 2 nitrogen and oxygen atoms in total. The molecule has 3 rings (SSSR count). The number of halogens is 3. The lowest BCUT2D eigenvalue weighted by Gasteiger charge is -2.10. The predicted molar refractivity (Wildman–Crippen MR) is 68.3 cm³/mol. The number of hydrogen-bond acceptors (Lipinski definition) is 2. The molecule has 1 saturated carbocycles. The zero-order valence-corrected chi connectivity index (χ0v) is 10.5. The van der Waals surface area contributed by atoms with Crippen molar-refractivity contribution in [1.82, 2.24) is 4.98 Å². The van der Waals surface area contributed by atoms with E-state index in [1.54, 1.807) is 12.3 Å². The Balaban J connectivity index is 1.98. The summed E-state index contributed by atoms with van der Waals surface area (Å²) >= 11 is 0. The minimum atomic E-state index is -4.48. The topological polar surface area (TPSA) is 33.1 Å². The van der Waals surface area contributed by atoms with Crippen LogP contribution in [-0.2, 0) is 6.18 Å². The van der Waals surface area contributed by atoms with E-state index >= 15 is 0 Å². The van der Waals surface area contributed by atoms with Crippen molar-refractivity contribution in [2.24, 2.45) is 0 Å². The van der Waals surface area contributed by atoms with Crippen LogP contribution >= 0.6 is 0 Å². The Morgan fingerprint density at radius 2 is 1.85 bits per heavy atom. The predicted octanol–water partition coefficient (Wildman–Crippen LogP) is 4.35. The van der Waals surface area contributed by atoms with Gasteiger partial charge in [0.1, 0.15) is 5.75 Å². The second-order valence-corrected chi connectivity index (χ2v) is 5.02. The first kappa shape index (κ1) is 13.0. The summed E-state index contributed by atoms with van der Waals surface area (Å²) in [5, 5.41) is 9.44. The van der Waals surface area contributed by atoms with Gasteiger partial charge < -0.3 is 5.11 Å². The Morgan fingerprint density at radius 1 is 1.10 bits per heavy atom. The van der Waals surface area contributed by atoms with Gasteiger partial charge in [-0.25, -0.2) is 0 Å². The molecule has 1 N–H and O–H groups in total. The van der Waals surface area contributed by atoms with Crippen LogP contribution in [0.5, 0.6) is 5.75 Å². The summed E-state index contributed by atoms with van der Waals surface area (Å²) in [5.74, 6) is 0.134. The molecule has 1 aliphatic rings. The van der Waals surface area contributed by atoms with E-state index in [1.165, 1.54) is 6.07 Å². The molecule has 0 saturated heterocycles. The molecule has 2 aromatic rings. The first-order chi connectivity index (χ1) is 9.43. The quantitative estimate of drug-likeness (QED) is 0.886. The van der Waals surface area contributed by atoms with Gasteiger partial charge in [-0.1, -0.05) is 6.07 Å². The number of aromatic hydroxyl groups is 1. The number of rotatable bonds is 2. The third kappa shape index (κ3) is 2.61. The molecule has 0 atom stereocenters. The highest BCUT2D eigenvalue weighted by Gasteiger charge is 2.31. The van der Waals surface area contributed by atoms with Crippen LogP contribution in [0.25, 0.3) is 11.3 Å². The van der Waals surface area contributed by atoms with Crippen molar-refractivity contribution in [2.75, 3.05) is 0 Å². The van der Waals surface area contributed by atoms with Crippen LogP contribution in [0.15, 0.2) is 36.5 Å². The summed E-state index contributed by atoms with van der Waals surface area (Å²) in [6.45, 7) is 0. The maximum atomic E-state index is 12.7. The van der Waals surface area contributed by atoms with E-state index < -0.39 is 17.5 Å². The lowest BCUT2D eigenvalue weighted by molar-refractivity contribution is -0.137. The molecule has 1 fully saturated rings. The average Bonchev–Trinajstić information content (AvgIpc) is 3.21. The molecule has 20 heavy (non-hydrogen) atoms. The zero-order valence-electron chi connectivity index (χ0n) is 10.5. The highest BCUT2D eigenvalue weighted by atomic mass is 19.4. The van der Waals surface area contributed by atoms with E-state index in [-0.39, 0.29) is 5.56 Å². The molecule has 0 unspecified atom stereocenters. The van der Waals surface area contributed by atoms with Gasteiger partial charge in [0.25, 0.3) is 0 Å². The highest BCUT2D eigenvalue weighted by molar-refractivity contribution is 5.63. The molecule has 1 aromatic carbocycles. The van der Waals surface area contributed by atoms with Crippen molar-refractivity contribution in [1.29, 1.82) is 0 Å². The molecule has 0 bridgehead atoms. The van der Waals surface area contributed by atoms with Crippen LogP contribution in [0.3, 0.4) is 0 Å². The average molecular weight is 279 g/mol. The zero-order chi connectivity index (χ0) is 14.3. The minimum Gasteiger partial charge on any atom is -0.508 e. The molecule has 0 aliphatic heterocycles. The lowest BCUT2D eigenvalue weighted by atomic mass is 10.1. The van der Waals surface area contributed by atoms with Gasteiger partial charge in [-0.2, -0.15) is 13.2 Å². The van der Waals surface area contributed by atoms with Crippen LogP contribution in [0.2, 0.25) is 0 Å². The Hall–Kier alpha value is -2.04. The molecule has 0 radical (unpaired) electrons. The summed E-state index contributed by atoms with van der Waals surface area (Å²) in [6.07, 6.45) is -0.498. The fourth-order valence-corrected chi connectivity index (χ4v) is 2.16. The van der Waals surface area contributed by atoms with Crippen molar-refractivity contribution >= 4 is 0 Å². The molecule has 1 aromatic heterocycles. The maximum Gasteiger partial charge on any atom is 0.416 e. The van der Waals surface area contributed by atoms with Gasteiger partial charge in [0.2, 0.25) is 0 Å². The number of phenolic OH excluding ortho intramolecular Hbond substituents is 1. The Labute approximate surface area is 113 Å². The number of phenols is 1. The van der Waals surface area contributed by atoms with Gasteiger partial charge in [-0.15, -0.1) is 0 Å². The first-order valence-corrected chi connectivity index (χ1v) is 6.31. The molecular weight excluding hydrogens is 267 g/mol. The maximum absolute atomic E-state index is 12.7. The van der Waals surface area contributed by atoms with Crippen LogP contribution < -0.4 is 0 Å². The molecule has 1 aliphatic carbocycles. The third-order valence-corrected chi connectivity index (χ3v) is 3.38. The van der Waals surface area contributed by atoms with Crippen molar-refractivity contribution < 1.29 is 18.3 Å². The van der Waals surface area contributed by atoms with Gasteiger partial charge in [-0.3, -0.25) is 4.98 Å². The molecule has 1 heterocycles. The normalized spacial score (nSPS) is 15.3. The van der Waals surface area contributed by atoms with Crippen molar-refractivity contribution in [3.8, 4) is 17.0 Å². The second kappa shape index (κ2) is 4.51. The van der Waals surface area contributed by atoms with Gasteiger partial charge >= 0.3 is 6.18 Å². The number of alkyl halides is 3. The number of hydrogen-bond donors (Lipinski definition) is 1. The van der Waals surface area contributed by atoms with Crippen LogP contribution in [0, 0.1) is 0 Å². The summed E-state index contributed by atoms with van der Waals surface area (Å²) in [6, 6.07) is 6.58. The monoisotopic (exact) mass is 279 g/mol. The van der Waals surface area contributed by atoms with Crippen molar-refractivity contribution in [3.05, 3.63) is 47.7 Å². The van der Waals surface area contributed by atoms with Gasteiger partial charge in [0.05, 0.1) is 11.3 Å². The van der Waals surface area contributed by atoms with Crippen molar-refractivity contribution in [2.45, 2.75) is 24.9 Å². The van der Waals surface area contributed by atoms with E-state index in [0.29, 0.717) is 17.7 Å². The molecule has 0 spiro atoms. The van der Waals surface area contributed by atoms with Crippen LogP contribution in [0.4, 0.5) is 13.2 Å². The Bertz CT molecular complexity index is 631. The minimum absolute atomic E-state index is 0.264. The lowest BCUT2D eigenvalue weighted by Crippen LogP contribution is -2.04. The number of benzene rings is 1. The van der Waals surface area contributed by atoms with E-state index in [4.69, 9.17) is 0 Å². The molecule has 5 heteroatoms. The van der Waals surface area contributed by atoms with E-state index in [1.807, 2.05) is 6.07 Å². The molecule has 104 valence electrons. The standard InChI is InChI=1S/C15H12F3NO/c16-15(17,18)12-5-11(6-13(20)7-12)14-4-3-10(8-19-14)9-1-2-9/h3-9,20H,1-2H2. The van der Waals surface area contributed by atoms with Crippen molar-refractivity contribution in [3.63, 3.8) is 0 Å². The third-order valence-electron chi connectivity index (χ3n) is 3.38. The van der Waals surface area contributed by atoms with Gasteiger partial charge in [-0.05, 0) is 48.6 Å². The number of nitrogens with zero attached hydrogens (tertiary/aromatic N) is 1. The summed E-state index contributed by atoms with van der Waals surface area (Å²) in [7, 11) is 0. The molecule has 0 amide bonds. The highest BCUT2D eigenvalue weighted by Crippen LogP contribution is 2.40. The first-order valence-electron chi connectivity index (χ1n) is 6.31. The fraction of sp³-hybridized carbons (Fsp3) is 0.267. The van der Waals surface area contributed by atoms with Crippen LogP contribution in [0.1, 0.15) is 29.9 Å². The number of pyridine rings is 1. The summed E-state index contributed by atoms with van der Waals surface area (Å²) in [5.41, 5.74) is 0.931. The van der Waals surface area contributed by atoms with Gasteiger partial charge in [0.15, 0.2) is 0 Å². The second-order valence-electron chi connectivity index (χ2n) is 5.02. The van der Waals surface area contributed by atoms with Crippen LogP contribution in [-0.4, -0.2) is 10.1 Å². The Kier molecular flexibility index (Phi) is 2.92. The SMILES string of the molecule is Oc1cc(-c2ccc(C3CC3)cn2)cc(C(F)(F)F)c1. The fourth-order valence-electron chi connectivity index (χ4n) is 2.16. The number of aromatic nitrogens is 1. The molecular formula is C15H12F3NO. The van der Waals surface area contributed by atoms with E-state index in [9.17, 15) is 18.3 Å². The smallest absolute Gasteiger partial charge is 0.416 e. The summed E-state index contributed by atoms with van der Waals surface area (Å²) < 4.78 is 38.1. The van der Waals surface area contributed by atoms with E-state index in [2.05, 4.69) is 4.98 Å². The van der Waals surface area contributed by atoms with E-state index in [0.717, 1.165) is 24.5 Å². The van der Waals surface area contributed by atoms with Gasteiger partial charge in [0, 0.05) is 11.8 Å². The summed E-state index contributed by atoms with van der Waals surface area (Å²) in [4.78, 5) is 4.20. The largest absolute Gasteiger partial charge is 0.508 e. The Morgan fingerprint density at radius 3 is 2.40 bits per heavy atom.